The predicted octanol–water partition coefficient (Wildman–Crippen LogP) is 8.36. The molecule has 4 aliphatic carbocycles. The van der Waals surface area contributed by atoms with E-state index < -0.39 is 0 Å². The Morgan fingerprint density at radius 2 is 1.77 bits per heavy atom. The van der Waals surface area contributed by atoms with Gasteiger partial charge in [0.05, 0.1) is 0 Å². The number of nitrogens with one attached hydrogen (secondary N) is 1. The molecule has 0 bridgehead atoms. The molecule has 168 valence electrons. The summed E-state index contributed by atoms with van der Waals surface area (Å²) in [6.07, 6.45) is 12.0. The summed E-state index contributed by atoms with van der Waals surface area (Å²) in [5.74, 6) is 4.14. The van der Waals surface area contributed by atoms with Crippen molar-refractivity contribution in [3.63, 3.8) is 0 Å². The van der Waals surface area contributed by atoms with Crippen molar-refractivity contribution in [1.29, 1.82) is 0 Å². The van der Waals surface area contributed by atoms with Crippen LogP contribution in [0.5, 0.6) is 0 Å². The normalized spacial score (nSPS) is 41.9. The molecule has 0 spiro atoms. The smallest absolute Gasteiger partial charge is 0.0342 e. The van der Waals surface area contributed by atoms with Crippen LogP contribution in [0.3, 0.4) is 0 Å². The van der Waals surface area contributed by atoms with Crippen LogP contribution >= 0.6 is 0 Å². The van der Waals surface area contributed by atoms with E-state index in [0.717, 1.165) is 23.7 Å². The fraction of sp³-hybridized carbons (Fsp3) is 0.667. The van der Waals surface area contributed by atoms with Crippen LogP contribution in [0.1, 0.15) is 91.0 Å². The number of fused-ring (bicyclic) bond motifs is 5. The topological polar surface area (TPSA) is 12.0 Å². The molecule has 7 unspecified atom stereocenters. The van der Waals surface area contributed by atoms with Gasteiger partial charge in [-0.25, -0.2) is 0 Å². The summed E-state index contributed by atoms with van der Waals surface area (Å²) < 4.78 is 0. The highest BCUT2D eigenvalue weighted by Gasteiger charge is 2.61. The maximum atomic E-state index is 4.34. The average Bonchev–Trinajstić information content (AvgIpc) is 3.02. The Labute approximate surface area is 190 Å². The zero-order valence-corrected chi connectivity index (χ0v) is 20.5. The van der Waals surface area contributed by atoms with Crippen molar-refractivity contribution in [2.45, 2.75) is 91.5 Å². The lowest BCUT2D eigenvalue weighted by atomic mass is 9.43. The van der Waals surface area contributed by atoms with Crippen LogP contribution < -0.4 is 5.32 Å². The number of allylic oxidation sites excluding steroid dienone is 3. The second kappa shape index (κ2) is 7.53. The summed E-state index contributed by atoms with van der Waals surface area (Å²) in [5, 5.41) is 3.58. The summed E-state index contributed by atoms with van der Waals surface area (Å²) in [4.78, 5) is 0. The molecule has 0 aliphatic heterocycles. The van der Waals surface area contributed by atoms with E-state index in [9.17, 15) is 0 Å². The molecule has 1 N–H and O–H groups in total. The Morgan fingerprint density at radius 1 is 1.03 bits per heavy atom. The van der Waals surface area contributed by atoms with Gasteiger partial charge in [0.25, 0.3) is 0 Å². The molecule has 0 aromatic heterocycles. The monoisotopic (exact) mass is 417 g/mol. The first-order valence-electron chi connectivity index (χ1n) is 13.0. The Morgan fingerprint density at radius 3 is 2.48 bits per heavy atom. The van der Waals surface area contributed by atoms with Gasteiger partial charge in [-0.2, -0.15) is 0 Å². The SMILES string of the molecule is C=C1C=C2CCC3C(C(c4ccc(NC(C)C)cc4)CC4(C)C(C)CCC34)C2(C)CC1. The first kappa shape index (κ1) is 21.4. The molecular formula is C30H43N. The quantitative estimate of drug-likeness (QED) is 0.521. The molecule has 1 aromatic carbocycles. The molecule has 31 heavy (non-hydrogen) atoms. The van der Waals surface area contributed by atoms with Gasteiger partial charge in [0.15, 0.2) is 0 Å². The van der Waals surface area contributed by atoms with E-state index in [4.69, 9.17) is 0 Å². The van der Waals surface area contributed by atoms with Crippen molar-refractivity contribution >= 4 is 5.69 Å². The lowest BCUT2D eigenvalue weighted by Gasteiger charge is -2.61. The van der Waals surface area contributed by atoms with E-state index in [-0.39, 0.29) is 0 Å². The lowest BCUT2D eigenvalue weighted by molar-refractivity contribution is -0.0634. The van der Waals surface area contributed by atoms with E-state index in [1.165, 1.54) is 56.2 Å². The second-order valence-electron chi connectivity index (χ2n) is 12.3. The van der Waals surface area contributed by atoms with Crippen LogP contribution in [0, 0.1) is 34.5 Å². The van der Waals surface area contributed by atoms with E-state index >= 15 is 0 Å². The van der Waals surface area contributed by atoms with Crippen molar-refractivity contribution < 1.29 is 0 Å². The van der Waals surface area contributed by atoms with Gasteiger partial charge in [-0.3, -0.25) is 0 Å². The van der Waals surface area contributed by atoms with Crippen LogP contribution in [0.25, 0.3) is 0 Å². The van der Waals surface area contributed by atoms with Crippen molar-refractivity contribution in [3.05, 3.63) is 53.6 Å². The molecule has 7 atom stereocenters. The first-order chi connectivity index (χ1) is 14.7. The molecule has 3 fully saturated rings. The third kappa shape index (κ3) is 3.33. The third-order valence-corrected chi connectivity index (χ3v) is 10.3. The van der Waals surface area contributed by atoms with Crippen LogP contribution in [0.15, 0.2) is 48.1 Å². The minimum atomic E-state index is 0.358. The van der Waals surface area contributed by atoms with E-state index in [1.54, 1.807) is 11.1 Å². The molecule has 0 amide bonds. The summed E-state index contributed by atoms with van der Waals surface area (Å²) >= 11 is 0. The Kier molecular flexibility index (Phi) is 5.19. The van der Waals surface area contributed by atoms with Crippen molar-refractivity contribution in [2.24, 2.45) is 34.5 Å². The van der Waals surface area contributed by atoms with E-state index in [0.29, 0.717) is 22.8 Å². The molecule has 0 radical (unpaired) electrons. The minimum Gasteiger partial charge on any atom is -0.383 e. The molecule has 5 rings (SSSR count). The van der Waals surface area contributed by atoms with Gasteiger partial charge in [0, 0.05) is 11.7 Å². The van der Waals surface area contributed by atoms with Crippen LogP contribution in [-0.4, -0.2) is 6.04 Å². The highest BCUT2D eigenvalue weighted by Crippen LogP contribution is 2.70. The summed E-state index contributed by atoms with van der Waals surface area (Å²) in [7, 11) is 0. The van der Waals surface area contributed by atoms with Gasteiger partial charge < -0.3 is 5.32 Å². The highest BCUT2D eigenvalue weighted by atomic mass is 14.9. The van der Waals surface area contributed by atoms with Gasteiger partial charge in [-0.15, -0.1) is 0 Å². The number of hydrogen-bond acceptors (Lipinski definition) is 1. The summed E-state index contributed by atoms with van der Waals surface area (Å²) in [6, 6.07) is 10.1. The van der Waals surface area contributed by atoms with Gasteiger partial charge in [0.1, 0.15) is 0 Å². The molecule has 0 heterocycles. The van der Waals surface area contributed by atoms with Gasteiger partial charge in [-0.05, 0) is 117 Å². The molecule has 1 nitrogen and oxygen atoms in total. The highest BCUT2D eigenvalue weighted by molar-refractivity contribution is 5.46. The Balaban J connectivity index is 1.57. The molecule has 3 saturated carbocycles. The fourth-order valence-corrected chi connectivity index (χ4v) is 8.57. The van der Waals surface area contributed by atoms with Gasteiger partial charge >= 0.3 is 0 Å². The zero-order valence-electron chi connectivity index (χ0n) is 20.5. The van der Waals surface area contributed by atoms with Crippen molar-refractivity contribution in [3.8, 4) is 0 Å². The molecule has 1 aromatic rings. The zero-order chi connectivity index (χ0) is 22.0. The second-order valence-corrected chi connectivity index (χ2v) is 12.3. The van der Waals surface area contributed by atoms with Crippen molar-refractivity contribution in [2.75, 3.05) is 5.32 Å². The maximum absolute atomic E-state index is 4.34. The maximum Gasteiger partial charge on any atom is 0.0342 e. The average molecular weight is 418 g/mol. The largest absolute Gasteiger partial charge is 0.383 e. The lowest BCUT2D eigenvalue weighted by Crippen LogP contribution is -2.53. The Bertz CT molecular complexity index is 876. The predicted molar refractivity (Wildman–Crippen MR) is 133 cm³/mol. The summed E-state index contributed by atoms with van der Waals surface area (Å²) in [5.41, 5.74) is 6.81. The van der Waals surface area contributed by atoms with Crippen LogP contribution in [0.2, 0.25) is 0 Å². The number of rotatable bonds is 3. The van der Waals surface area contributed by atoms with Gasteiger partial charge in [0.2, 0.25) is 0 Å². The Hall–Kier alpha value is -1.50. The van der Waals surface area contributed by atoms with E-state index in [2.05, 4.69) is 76.9 Å². The first-order valence-corrected chi connectivity index (χ1v) is 13.0. The van der Waals surface area contributed by atoms with Crippen LogP contribution in [0.4, 0.5) is 5.69 Å². The number of anilines is 1. The van der Waals surface area contributed by atoms with E-state index in [1.807, 2.05) is 0 Å². The van der Waals surface area contributed by atoms with Crippen molar-refractivity contribution in [1.82, 2.24) is 0 Å². The molecule has 1 heteroatoms. The van der Waals surface area contributed by atoms with Crippen LogP contribution in [-0.2, 0) is 0 Å². The van der Waals surface area contributed by atoms with Gasteiger partial charge in [-0.1, -0.05) is 56.7 Å². The number of hydrogen-bond donors (Lipinski definition) is 1. The molecular weight excluding hydrogens is 374 g/mol. The summed E-state index contributed by atoms with van der Waals surface area (Å²) in [6.45, 7) is 16.6. The fourth-order valence-electron chi connectivity index (χ4n) is 8.57. The molecule has 0 saturated heterocycles. The number of benzene rings is 1. The third-order valence-electron chi connectivity index (χ3n) is 10.3. The molecule has 4 aliphatic rings. The standard InChI is InChI=1S/C30H43N/c1-19(2)31-24-11-8-22(9-12-24)26-18-30(6)21(4)7-14-27(30)25-13-10-23-17-20(3)15-16-29(23,5)28(25)26/h8-9,11-12,17,19,21,25-28,31H,3,7,10,13-16,18H2,1-2,4-6H3. The minimum absolute atomic E-state index is 0.358.